The molecule has 125 radical (unpaired) electrons. The first-order valence-electron chi connectivity index (χ1n) is 2.97. The van der Waals surface area contributed by atoms with Gasteiger partial charge in [0.25, 0.3) is 0 Å². The minimum atomic E-state index is 0. The summed E-state index contributed by atoms with van der Waals surface area (Å²) < 4.78 is 0. The first kappa shape index (κ1) is 940. The molecule has 0 unspecified atom stereocenters. The van der Waals surface area contributed by atoms with Gasteiger partial charge in [-0.15, -0.1) is 5.92 Å². The van der Waals surface area contributed by atoms with E-state index in [-0.39, 0.29) is 4090 Å². The molecule has 0 aromatic rings. The van der Waals surface area contributed by atoms with Crippen LogP contribution in [0, 0.1) is 39.5 Å². The Balaban J connectivity index is -0.0000000000316. The summed E-state index contributed by atoms with van der Waals surface area (Å²) in [7, 11) is 0. The molecule has 0 aliphatic heterocycles. The van der Waals surface area contributed by atoms with Crippen molar-refractivity contribution in [1.29, 1.82) is 0 Å². The van der Waals surface area contributed by atoms with Crippen molar-refractivity contribution in [1.82, 2.24) is 0 Å². The second kappa shape index (κ2) is 917. The maximum absolute atomic E-state index is 3.79. The molecular weight excluding hydrogens is 11200 g/mol. The molecule has 0 amide bonds. The Morgan fingerprint density at radius 3 is 0.0902 bits per heavy atom. The predicted octanol–water partition coefficient (Wildman–Crippen LogP) is 2.02. The van der Waals surface area contributed by atoms with Crippen LogP contribution in [0.25, 0.3) is 0 Å². The molecule has 0 atom stereocenters. The Morgan fingerprint density at radius 1 is 0.0677 bits per heavy atom. The van der Waals surface area contributed by atoms with Crippen LogP contribution in [0.4, 0.5) is 0 Å². The summed E-state index contributed by atoms with van der Waals surface area (Å²) >= 11 is 0. The van der Waals surface area contributed by atoms with Crippen molar-refractivity contribution < 1.29 is 4090 Å². The van der Waals surface area contributed by atoms with Crippen molar-refractivity contribution >= 4 is 0 Å². The molecule has 0 bridgehead atoms. The van der Waals surface area contributed by atoms with Crippen molar-refractivity contribution in [2.24, 2.45) is 11.8 Å². The van der Waals surface area contributed by atoms with E-state index in [1.54, 1.807) is 0 Å². The number of hydrogen-bond acceptors (Lipinski definition) is 0. The summed E-state index contributed by atoms with van der Waals surface area (Å²) in [6, 6.07) is 0. The zero-order chi connectivity index (χ0) is 6.57. The van der Waals surface area contributed by atoms with E-state index in [1.807, 2.05) is 0 Å². The molecule has 0 heterocycles. The third-order valence-electron chi connectivity index (χ3n) is 1.41. The zero-order valence-corrected chi connectivity index (χ0v) is 432. The predicted molar refractivity (Wildman–Crippen MR) is 37.6 cm³/mol. The van der Waals surface area contributed by atoms with E-state index in [0.29, 0.717) is 5.92 Å². The fraction of sp³-hybridized carbons (Fsp3) is 0.500. The van der Waals surface area contributed by atoms with E-state index in [0.717, 1.165) is 12.8 Å². The van der Waals surface area contributed by atoms with Gasteiger partial charge in [0.2, 0.25) is 0 Å². The van der Waals surface area contributed by atoms with Crippen LogP contribution in [-0.2, 0) is 4090 Å². The molecule has 0 rings (SSSR count). The Kier molecular flexibility index (Phi) is 6480. The van der Waals surface area contributed by atoms with Crippen molar-refractivity contribution in [3.05, 3.63) is 27.7 Å². The van der Waals surface area contributed by atoms with Gasteiger partial charge < -0.3 is 33.6 Å². The van der Waals surface area contributed by atoms with E-state index >= 15 is 0 Å². The first-order chi connectivity index (χ1) is 3.72. The van der Waals surface area contributed by atoms with Crippen LogP contribution in [0.15, 0.2) is 0 Å². The summed E-state index contributed by atoms with van der Waals surface area (Å²) in [5.74, 6) is 0.764. The molecule has 425 valence electrons. The second-order valence-electron chi connectivity index (χ2n) is 2.10. The van der Waals surface area contributed by atoms with Crippen LogP contribution in [0.3, 0.4) is 0 Å². The molecule has 0 saturated carbocycles. The third-order valence-corrected chi connectivity index (χ3v) is 1.41. The van der Waals surface area contributed by atoms with Gasteiger partial charge in [-0.25, -0.2) is 0 Å². The average molecular weight is 11200 g/mol. The molecular formula is C8H14Y125-4. The molecule has 0 nitrogen and oxygen atoms in total. The molecule has 0 fully saturated rings. The van der Waals surface area contributed by atoms with Crippen LogP contribution >= 0.6 is 0 Å². The van der Waals surface area contributed by atoms with Crippen LogP contribution in [-0.4, -0.2) is 0 Å². The van der Waals surface area contributed by atoms with Crippen LogP contribution in [0.1, 0.15) is 12.8 Å². The molecule has 0 aromatic heterocycles. The van der Waals surface area contributed by atoms with Gasteiger partial charge in [0, 0.05) is 4090 Å². The maximum atomic E-state index is 3.79. The van der Waals surface area contributed by atoms with Gasteiger partial charge in [-0.2, -0.15) is 12.8 Å². The van der Waals surface area contributed by atoms with Gasteiger partial charge >= 0.3 is 0 Å². The van der Waals surface area contributed by atoms with Gasteiger partial charge in [0.05, 0.1) is 0 Å². The van der Waals surface area contributed by atoms with Crippen LogP contribution in [0.2, 0.25) is 0 Å². The van der Waals surface area contributed by atoms with E-state index < -0.39 is 0 Å². The third kappa shape index (κ3) is 910. The SMILES string of the molecule is [CH2-]CC(C[CH2-])C([CH2-])[CH2-].[Y].[Y].[Y].[Y].[Y].[Y].[Y].[Y].[Y].[Y].[Y].[Y].[Y].[Y].[Y].[Y].[Y].[Y].[Y].[Y].[Y].[Y].[Y].[Y].[Y].[Y].[Y].[Y].[Y].[Y].[Y].[Y].[Y].[Y].[Y].[Y].[Y].[Y].[Y].[Y].[Y].[Y].[Y].[Y].[Y].[Y].[Y].[Y].[Y].[Y].[Y].[Y].[Y].[Y].[Y].[Y].[Y].[Y].[Y].[Y].[Y].[Y].[Y].[Y].[Y].[Y].[Y].[Y].[Y].[Y].[Y].[Y].[Y].[Y].[Y].[Y].[Y].[Y].[Y].[Y].[Y].[Y].[Y].[Y].[Y].[Y].[Y].[Y].[Y].[Y].[Y].[Y].[Y].[Y].[Y].[Y].[Y].[Y].[Y].[Y].[Y].[Y].[Y].[Y].[Y].[Y].[Y].[Y].[Y].[Y].[Y].[Y].[Y].[Y].[Y].[Y].[Y].[Y].[Y].[Y].[Y].[Y].[Y].[Y].[Y]. The number of hydrogen-bond donors (Lipinski definition) is 0. The Bertz CT molecular complexity index is 85.6. The van der Waals surface area contributed by atoms with Crippen molar-refractivity contribution in [2.75, 3.05) is 0 Å². The molecule has 0 N–H and O–H groups in total. The van der Waals surface area contributed by atoms with E-state index in [1.165, 1.54) is 0 Å². The average Bonchev–Trinajstić information content (AvgIpc) is 1.69. The monoisotopic (exact) mass is 11200 g/mol. The van der Waals surface area contributed by atoms with Gasteiger partial charge in [0.1, 0.15) is 0 Å². The number of rotatable bonds is 3. The van der Waals surface area contributed by atoms with Gasteiger partial charge in [-0.1, -0.05) is 0 Å². The summed E-state index contributed by atoms with van der Waals surface area (Å²) in [5.41, 5.74) is 0. The topological polar surface area (TPSA) is 0 Å². The Morgan fingerprint density at radius 2 is 0.0902 bits per heavy atom. The summed E-state index contributed by atoms with van der Waals surface area (Å²) in [4.78, 5) is 0. The normalized spacial score (nSPS) is 0.677. The Hall–Kier alpha value is 138. The summed E-state index contributed by atoms with van der Waals surface area (Å²) in [6.07, 6.45) is 1.81. The van der Waals surface area contributed by atoms with Crippen LogP contribution < -0.4 is 0 Å². The summed E-state index contributed by atoms with van der Waals surface area (Å²) in [6.45, 7) is 15.1. The minimum Gasteiger partial charge on any atom is -0.369 e. The summed E-state index contributed by atoms with van der Waals surface area (Å²) in [5, 5.41) is 0. The molecule has 0 spiro atoms. The first-order valence-corrected chi connectivity index (χ1v) is 2.97. The molecule has 125 heteroatoms. The maximum Gasteiger partial charge on any atom is 0 e. The van der Waals surface area contributed by atoms with E-state index in [2.05, 4.69) is 27.7 Å². The standard InChI is InChI=1S/C8H14.125Y/c1-5-8(6-2)7(3)4;;;;;;;;;;;;;;;;;;;;;;;;;;;;;;;;;;;;;;;;;;;;;;;;;;;;;;;;;;;;;;;;;;;;;;;;;;;;;;;;;;;;;;;;;;;;;;;;;;;;;;;;;;;;;;;;;;;;;;;;;;;;;/h7-8H,1-6H2;;;;;;;;;;;;;;;;;;;;;;;;;;;;;;;;;;;;;;;;;;;;;;;;;;;;;;;;;;;;;;;;;;;;;;;;;;;;;;;;;;;;;;;;;;;;;;;;;;;;;;;;;;;;;;;;;;;;;;;;;;;;;/q-4;;;;;;;;;;;;;;;;;;;;;;;;;;;;;;;;;;;;;;;;;;;;;;;;;;;;;;;;;;;;;;;;;;;;;;;;;;;;;;;;;;;;;;;;;;;;;;;;;;;;;;;;;;;;;;;;;;;;;;;;;;;;;. The van der Waals surface area contributed by atoms with Crippen molar-refractivity contribution in [2.45, 2.75) is 12.8 Å². The van der Waals surface area contributed by atoms with Crippen molar-refractivity contribution in [3.8, 4) is 0 Å². The largest absolute Gasteiger partial charge is 0.369 e. The smallest absolute Gasteiger partial charge is 0 e. The molecule has 0 aliphatic carbocycles. The quantitative estimate of drug-likeness (QED) is 0.381. The van der Waals surface area contributed by atoms with Crippen molar-refractivity contribution in [3.63, 3.8) is 0 Å². The Labute approximate surface area is 3980 Å². The molecule has 0 saturated heterocycles. The molecule has 133 heavy (non-hydrogen) atoms. The van der Waals surface area contributed by atoms with Crippen LogP contribution in [0.5, 0.6) is 0 Å². The zero-order valence-electron chi connectivity index (χ0n) is 77.6. The van der Waals surface area contributed by atoms with E-state index in [9.17, 15) is 0 Å². The minimum absolute atomic E-state index is 0. The van der Waals surface area contributed by atoms with Gasteiger partial charge in [-0.3, -0.25) is 0 Å². The van der Waals surface area contributed by atoms with Gasteiger partial charge in [0.15, 0.2) is 0 Å². The molecule has 0 aromatic carbocycles. The van der Waals surface area contributed by atoms with E-state index in [4.69, 9.17) is 0 Å². The second-order valence-corrected chi connectivity index (χ2v) is 2.10. The molecule has 0 aliphatic rings. The fourth-order valence-corrected chi connectivity index (χ4v) is 0.616. The fourth-order valence-electron chi connectivity index (χ4n) is 0.616. The van der Waals surface area contributed by atoms with Gasteiger partial charge in [-0.05, 0) is 0 Å².